The van der Waals surface area contributed by atoms with Gasteiger partial charge in [0.1, 0.15) is 317 Å². The van der Waals surface area contributed by atoms with E-state index in [0.717, 1.165) is 13.8 Å². The first kappa shape index (κ1) is 123. The van der Waals surface area contributed by atoms with Crippen LogP contribution in [0.1, 0.15) is 13.8 Å². The topological polar surface area (TPSA) is 1080 Å². The first-order valence-electron chi connectivity index (χ1n) is 47.7. The van der Waals surface area contributed by atoms with Crippen LogP contribution in [-0.2, 0) is 128 Å². The Labute approximate surface area is 845 Å². The van der Waals surface area contributed by atoms with Crippen LogP contribution in [-0.4, -0.2) is 696 Å². The van der Waals surface area contributed by atoms with Crippen molar-refractivity contribution in [2.75, 3.05) is 85.9 Å². The molecule has 13 saturated heterocycles. The quantitative estimate of drug-likeness (QED) is 0.0272. The van der Waals surface area contributed by atoms with Crippen LogP contribution in [0.5, 0.6) is 0 Å². The summed E-state index contributed by atoms with van der Waals surface area (Å²) >= 11 is 0. The van der Waals surface area contributed by atoms with E-state index in [0.29, 0.717) is 0 Å². The van der Waals surface area contributed by atoms with Crippen LogP contribution in [0.15, 0.2) is 0 Å². The zero-order valence-corrected chi connectivity index (χ0v) is 79.2. The molecule has 0 aromatic heterocycles. The van der Waals surface area contributed by atoms with Gasteiger partial charge in [-0.3, -0.25) is 9.59 Å². The minimum absolute atomic E-state index is 0.864. The second-order valence-electron chi connectivity index (χ2n) is 38.0. The molecule has 0 bridgehead atoms. The highest BCUT2D eigenvalue weighted by Gasteiger charge is 2.64. The van der Waals surface area contributed by atoms with Gasteiger partial charge in [0.05, 0.1) is 85.9 Å². The molecule has 68 heteroatoms. The summed E-state index contributed by atoms with van der Waals surface area (Å²) in [7, 11) is 0. The van der Waals surface area contributed by atoms with E-state index in [-0.39, 0.29) is 0 Å². The summed E-state index contributed by atoms with van der Waals surface area (Å²) in [6, 6.07) is -3.86. The smallest absolute Gasteiger partial charge is 0.217 e. The van der Waals surface area contributed by atoms with Gasteiger partial charge in [-0.15, -0.1) is 0 Å². The molecule has 13 aliphatic heterocycles. The lowest BCUT2D eigenvalue weighted by molar-refractivity contribution is -0.413. The lowest BCUT2D eigenvalue weighted by Gasteiger charge is -2.51. The molecule has 2 amide bonds. The summed E-state index contributed by atoms with van der Waals surface area (Å²) in [4.78, 5) is 25.7. The molecular formula is C82H138N2O66. The van der Waals surface area contributed by atoms with E-state index in [1.165, 1.54) is 0 Å². The number of nitrogens with one attached hydrogen (secondary N) is 2. The second kappa shape index (κ2) is 53.8. The maximum absolute atomic E-state index is 13.3. The van der Waals surface area contributed by atoms with Gasteiger partial charge in [0, 0.05) is 13.8 Å². The Bertz CT molecular complexity index is 4070. The van der Waals surface area contributed by atoms with Gasteiger partial charge in [-0.2, -0.15) is 0 Å². The van der Waals surface area contributed by atoms with E-state index < -0.39 is 497 Å². The number of hydrogen-bond acceptors (Lipinski definition) is 66. The van der Waals surface area contributed by atoms with E-state index in [2.05, 4.69) is 10.6 Å². The minimum Gasteiger partial charge on any atom is -0.394 e. The van der Waals surface area contributed by atoms with Gasteiger partial charge < -0.3 is 328 Å². The number of carbonyl (C=O) groups is 2. The normalized spacial score (nSPS) is 52.1. The van der Waals surface area contributed by atoms with Crippen LogP contribution in [0.25, 0.3) is 0 Å². The van der Waals surface area contributed by atoms with Crippen LogP contribution >= 0.6 is 0 Å². The molecule has 0 saturated carbocycles. The van der Waals surface area contributed by atoms with Crippen molar-refractivity contribution in [3.05, 3.63) is 0 Å². The van der Waals surface area contributed by atoms with E-state index in [4.69, 9.17) is 118 Å². The van der Waals surface area contributed by atoms with Crippen molar-refractivity contribution in [2.24, 2.45) is 0 Å². The van der Waals surface area contributed by atoms with Crippen molar-refractivity contribution in [1.82, 2.24) is 10.6 Å². The van der Waals surface area contributed by atoms with Crippen molar-refractivity contribution in [2.45, 2.75) is 413 Å². The molecule has 872 valence electrons. The van der Waals surface area contributed by atoms with Crippen LogP contribution in [0.2, 0.25) is 0 Å². The predicted molar refractivity (Wildman–Crippen MR) is 451 cm³/mol. The number of aliphatic hydroxyl groups is 39. The number of amides is 2. The van der Waals surface area contributed by atoms with Gasteiger partial charge in [0.2, 0.25) is 11.8 Å². The molecule has 0 aliphatic carbocycles. The molecule has 0 spiro atoms. The molecule has 41 N–H and O–H groups in total. The fraction of sp³-hybridized carbons (Fsp3) is 0.976. The Morgan fingerprint density at radius 3 is 0.700 bits per heavy atom. The first-order valence-corrected chi connectivity index (χ1v) is 47.7. The summed E-state index contributed by atoms with van der Waals surface area (Å²) in [6.45, 7) is -13.9. The molecule has 13 heterocycles. The Morgan fingerprint density at radius 2 is 0.367 bits per heavy atom. The van der Waals surface area contributed by atoms with Crippen LogP contribution in [0.4, 0.5) is 0 Å². The van der Waals surface area contributed by atoms with Crippen molar-refractivity contribution in [1.29, 1.82) is 0 Å². The minimum atomic E-state index is -2.88. The summed E-state index contributed by atoms with van der Waals surface area (Å²) in [6.07, 6.45) is -144. The van der Waals surface area contributed by atoms with Gasteiger partial charge in [0.25, 0.3) is 0 Å². The summed E-state index contributed by atoms with van der Waals surface area (Å²) in [5.74, 6) is -1.92. The lowest BCUT2D eigenvalue weighted by Crippen LogP contribution is -2.70. The summed E-state index contributed by atoms with van der Waals surface area (Å²) in [5.41, 5.74) is 0. The summed E-state index contributed by atoms with van der Waals surface area (Å²) < 4.78 is 148. The fourth-order valence-corrected chi connectivity index (χ4v) is 19.3. The summed E-state index contributed by atoms with van der Waals surface area (Å²) in [5, 5.41) is 444. The van der Waals surface area contributed by atoms with Gasteiger partial charge >= 0.3 is 0 Å². The van der Waals surface area contributed by atoms with Crippen molar-refractivity contribution < 1.29 is 327 Å². The number of aliphatic hydroxyl groups excluding tert-OH is 39. The van der Waals surface area contributed by atoms with Crippen molar-refractivity contribution in [3.8, 4) is 0 Å². The second-order valence-corrected chi connectivity index (χ2v) is 38.0. The number of hydrogen-bond donors (Lipinski definition) is 41. The monoisotopic (exact) mass is 2210 g/mol. The zero-order valence-electron chi connectivity index (χ0n) is 79.2. The van der Waals surface area contributed by atoms with E-state index in [1.54, 1.807) is 0 Å². The third kappa shape index (κ3) is 26.4. The fourth-order valence-electron chi connectivity index (χ4n) is 19.3. The molecule has 13 rings (SSSR count). The van der Waals surface area contributed by atoms with E-state index in [1.807, 2.05) is 0 Å². The standard InChI is InChI=1S/C82H138N2O66/c1-16(95)83-31-44(108)61(26(11-93)129-70(31)125)142-71-32(84-17(2)96)45(109)62(27(12-94)138-71)143-78-60(124)65(43(107)30(140-78)14-126-72-58(122)64(145-74-55(119)47(111)34(98)19(4-86)131-74)42(106)29(139-72)15-128-80-67(51(115)38(102)23(8-90)136-80)148-76-57(121)49(113)36(100)21(6-88)133-76)146-82-69(53(117)40(104)28(141-82)13-127-79-66(50(114)37(101)22(7-89)135-79)147-75-56(120)48(112)35(99)20(5-87)132-75)150-81-68(52(116)39(103)24(9-91)137-81)149-77-59(123)63(41(105)25(10-92)134-77)144-73-54(118)46(110)33(97)18(3-85)130-73/h18-82,85-94,97-125H,3-15H2,1-2H3,(H,83,95)(H,84,96)/t18-,19-,20-,21-,22-,23-,24-,25-,26-,27-,28-,29-,30-,31-,32-,33-,34-,35-,36-,37-,38-,39-,40-,41-,42-,43-,44-,45-,46+,47+,48+,49+,50+,51+,52+,53+,54+,55+,56+,57+,58+,59+,60+,61-,62-,63+,64+,65+,66+,67+,68+,69+,70-,71+,72+,73-,74-,75-,76-,77-,78+,79+,80+,81-,82-/m1/s1. The van der Waals surface area contributed by atoms with Gasteiger partial charge in [-0.1, -0.05) is 0 Å². The highest BCUT2D eigenvalue weighted by molar-refractivity contribution is 5.73. The van der Waals surface area contributed by atoms with E-state index in [9.17, 15) is 209 Å². The van der Waals surface area contributed by atoms with Gasteiger partial charge in [-0.25, -0.2) is 0 Å². The number of ether oxygens (including phenoxy) is 25. The maximum atomic E-state index is 13.3. The molecule has 68 nitrogen and oxygen atoms in total. The maximum Gasteiger partial charge on any atom is 0.217 e. The lowest BCUT2D eigenvalue weighted by atomic mass is 9.94. The number of carbonyl (C=O) groups excluding carboxylic acids is 2. The van der Waals surface area contributed by atoms with Crippen LogP contribution in [0.3, 0.4) is 0 Å². The largest absolute Gasteiger partial charge is 0.394 e. The molecule has 0 radical (unpaired) electrons. The predicted octanol–water partition coefficient (Wildman–Crippen LogP) is -29.0. The van der Waals surface area contributed by atoms with Gasteiger partial charge in [-0.05, 0) is 0 Å². The molecule has 0 aromatic carbocycles. The van der Waals surface area contributed by atoms with Crippen molar-refractivity contribution >= 4 is 11.8 Å². The molecular weight excluding hydrogens is 2070 g/mol. The molecule has 0 unspecified atom stereocenters. The third-order valence-electron chi connectivity index (χ3n) is 28.0. The highest BCUT2D eigenvalue weighted by Crippen LogP contribution is 2.43. The van der Waals surface area contributed by atoms with E-state index >= 15 is 0 Å². The number of rotatable bonds is 39. The molecule has 65 atom stereocenters. The molecule has 13 aliphatic rings. The zero-order chi connectivity index (χ0) is 110. The molecule has 13 fully saturated rings. The third-order valence-corrected chi connectivity index (χ3v) is 28.0. The first-order chi connectivity index (χ1) is 71.1. The van der Waals surface area contributed by atoms with Crippen LogP contribution < -0.4 is 10.6 Å². The average molecular weight is 2210 g/mol. The van der Waals surface area contributed by atoms with Crippen LogP contribution in [0, 0.1) is 0 Å². The SMILES string of the molecule is CC(=O)N[C@@H]1[C@@H](O)[C@H](O[C@@H]2O[C@H](CO)[C@@H](O[C@@H]3O[C@H](CO[C@H]4O[C@H](CO[C@H]5O[C@H](CO)[C@@H](O)[C@H](O)[C@@H]5O[C@H]5O[C@H](CO)[C@@H](O)[C@H](O)[C@@H]5O)[C@@H](O)[C@H](O[C@H]5O[C@H](CO)[C@@H](O)[C@H](O)[C@@H]5O)[C@@H]4O)[C@@H](O)[C@H](O[C@H]4O[C@H](CO[C@H]5O[C@H](CO)[C@@H](O)[C@H](O)[C@@H]5O[C@H]5O[C@H](CO)[C@@H](O)[C@H](O)[C@@H]5O)[C@@H](O)[C@H](O)[C@@H]4O[C@H]4O[C@H](CO)[C@@H](O)[C@H](O)[C@@H]4O[C@H]4O[C@H](CO)[C@@H](O)[C@H](O[C@H]5O[C@H](CO)[C@@H](O)[C@H](O)[C@@H]5O)[C@@H]4O)[C@@H]3O)[C@H](O)[C@H]2NC(C)=O)[C@@H](CO)O[C@H]1O. The Morgan fingerprint density at radius 1 is 0.173 bits per heavy atom. The Kier molecular flexibility index (Phi) is 44.2. The molecule has 150 heavy (non-hydrogen) atoms. The highest BCUT2D eigenvalue weighted by atomic mass is 16.8. The average Bonchev–Trinajstić information content (AvgIpc) is 0.757. The van der Waals surface area contributed by atoms with Crippen molar-refractivity contribution in [3.63, 3.8) is 0 Å². The Balaban J connectivity index is 0.888. The molecule has 0 aromatic rings. The van der Waals surface area contributed by atoms with Gasteiger partial charge in [0.15, 0.2) is 81.8 Å². The Hall–Kier alpha value is -3.62.